The van der Waals surface area contributed by atoms with Gasteiger partial charge in [0.1, 0.15) is 5.69 Å². The molecule has 1 N–H and O–H groups in total. The average molecular weight is 471 g/mol. The molecule has 4 aromatic rings. The molecule has 0 bridgehead atoms. The molecule has 2 aromatic carbocycles. The molecule has 176 valence electrons. The molecule has 35 heavy (non-hydrogen) atoms. The van der Waals surface area contributed by atoms with Crippen molar-refractivity contribution in [3.05, 3.63) is 94.8 Å². The Balaban J connectivity index is 1.47. The zero-order valence-corrected chi connectivity index (χ0v) is 18.8. The lowest BCUT2D eigenvalue weighted by Crippen LogP contribution is -2.22. The quantitative estimate of drug-likeness (QED) is 0.364. The first-order chi connectivity index (χ1) is 17.1. The van der Waals surface area contributed by atoms with E-state index in [1.54, 1.807) is 41.2 Å². The predicted octanol–water partition coefficient (Wildman–Crippen LogP) is 4.51. The summed E-state index contributed by atoms with van der Waals surface area (Å²) in [6.45, 7) is 0.624. The van der Waals surface area contributed by atoms with E-state index < -0.39 is 5.82 Å². The molecule has 2 aromatic heterocycles. The standard InChI is InChI=1S/C26H23FN6O2/c27-21-16-20(33-25(11-14-29-33)35-17-18-6-7-18)8-9-23(21)32-15-12-24(34)26(31-32)22(10-13-28)30-19-4-2-1-3-5-19/h1-5,8-9,11-16,18,28H,6-7,10,17H2. The summed E-state index contributed by atoms with van der Waals surface area (Å²) in [6, 6.07) is 16.8. The SMILES string of the molecule is N=CCC(=Nc1ccccc1)c1nn(-c2ccc(-n3nccc3OCC3CC3)cc2F)ccc1=O. The fourth-order valence-corrected chi connectivity index (χ4v) is 3.59. The van der Waals surface area contributed by atoms with Gasteiger partial charge in [-0.05, 0) is 43.0 Å². The Hall–Kier alpha value is -4.40. The average Bonchev–Trinajstić information content (AvgIpc) is 3.58. The van der Waals surface area contributed by atoms with Gasteiger partial charge in [-0.25, -0.2) is 13.8 Å². The van der Waals surface area contributed by atoms with Crippen molar-refractivity contribution < 1.29 is 9.13 Å². The number of rotatable bonds is 9. The van der Waals surface area contributed by atoms with Crippen LogP contribution >= 0.6 is 0 Å². The lowest BCUT2D eigenvalue weighted by atomic mass is 10.2. The van der Waals surface area contributed by atoms with E-state index in [2.05, 4.69) is 15.2 Å². The van der Waals surface area contributed by atoms with Crippen molar-refractivity contribution in [2.75, 3.05) is 6.61 Å². The van der Waals surface area contributed by atoms with Gasteiger partial charge in [0.2, 0.25) is 11.3 Å². The Bertz CT molecular complexity index is 1440. The van der Waals surface area contributed by atoms with Crippen LogP contribution in [0, 0.1) is 17.1 Å². The topological polar surface area (TPSA) is 98.2 Å². The second kappa shape index (κ2) is 9.84. The molecule has 2 heterocycles. The minimum atomic E-state index is -0.540. The molecule has 1 saturated carbocycles. The second-order valence-corrected chi connectivity index (χ2v) is 8.25. The third-order valence-corrected chi connectivity index (χ3v) is 5.59. The van der Waals surface area contributed by atoms with Crippen molar-refractivity contribution >= 4 is 17.6 Å². The van der Waals surface area contributed by atoms with Gasteiger partial charge in [0.15, 0.2) is 11.5 Å². The van der Waals surface area contributed by atoms with Gasteiger partial charge in [-0.15, -0.1) is 0 Å². The molecular weight excluding hydrogens is 447 g/mol. The number of aromatic nitrogens is 4. The number of benzene rings is 2. The van der Waals surface area contributed by atoms with Gasteiger partial charge in [-0.2, -0.15) is 10.2 Å². The molecule has 0 amide bonds. The number of hydrogen-bond donors (Lipinski definition) is 1. The maximum Gasteiger partial charge on any atom is 0.216 e. The highest BCUT2D eigenvalue weighted by Crippen LogP contribution is 2.30. The Kier molecular flexibility index (Phi) is 6.30. The minimum absolute atomic E-state index is 0.0613. The van der Waals surface area contributed by atoms with Crippen LogP contribution in [0.3, 0.4) is 0 Å². The van der Waals surface area contributed by atoms with Crippen LogP contribution < -0.4 is 10.2 Å². The highest BCUT2D eigenvalue weighted by molar-refractivity contribution is 6.06. The third kappa shape index (κ3) is 5.08. The zero-order chi connectivity index (χ0) is 24.2. The molecule has 0 aliphatic heterocycles. The van der Waals surface area contributed by atoms with Crippen molar-refractivity contribution in [1.82, 2.24) is 19.6 Å². The Morgan fingerprint density at radius 3 is 2.74 bits per heavy atom. The van der Waals surface area contributed by atoms with Crippen LogP contribution in [0.25, 0.3) is 11.4 Å². The van der Waals surface area contributed by atoms with E-state index in [1.807, 2.05) is 18.2 Å². The third-order valence-electron chi connectivity index (χ3n) is 5.59. The summed E-state index contributed by atoms with van der Waals surface area (Å²) in [6.07, 6.45) is 6.63. The molecule has 0 radical (unpaired) electrons. The summed E-state index contributed by atoms with van der Waals surface area (Å²) in [5.74, 6) is 0.601. The van der Waals surface area contributed by atoms with Gasteiger partial charge >= 0.3 is 0 Å². The van der Waals surface area contributed by atoms with E-state index in [0.29, 0.717) is 35.5 Å². The van der Waals surface area contributed by atoms with Gasteiger partial charge in [-0.1, -0.05) is 18.2 Å². The first kappa shape index (κ1) is 22.4. The maximum absolute atomic E-state index is 15.2. The molecule has 5 rings (SSSR count). The number of nitrogens with one attached hydrogen (secondary N) is 1. The number of halogens is 1. The van der Waals surface area contributed by atoms with Gasteiger partial charge in [-0.3, -0.25) is 9.79 Å². The number of ether oxygens (including phenoxy) is 1. The summed E-state index contributed by atoms with van der Waals surface area (Å²) in [7, 11) is 0. The second-order valence-electron chi connectivity index (χ2n) is 8.25. The van der Waals surface area contributed by atoms with Crippen molar-refractivity contribution in [2.24, 2.45) is 10.9 Å². The van der Waals surface area contributed by atoms with E-state index in [0.717, 1.165) is 6.21 Å². The lowest BCUT2D eigenvalue weighted by Gasteiger charge is -2.12. The van der Waals surface area contributed by atoms with E-state index in [4.69, 9.17) is 10.1 Å². The van der Waals surface area contributed by atoms with Gasteiger partial charge in [0.25, 0.3) is 0 Å². The highest BCUT2D eigenvalue weighted by atomic mass is 19.1. The van der Waals surface area contributed by atoms with Crippen molar-refractivity contribution in [1.29, 1.82) is 5.41 Å². The van der Waals surface area contributed by atoms with E-state index in [1.165, 1.54) is 35.9 Å². The molecule has 8 nitrogen and oxygen atoms in total. The van der Waals surface area contributed by atoms with Crippen LogP contribution in [0.4, 0.5) is 10.1 Å². The van der Waals surface area contributed by atoms with Crippen LogP contribution in [-0.2, 0) is 0 Å². The van der Waals surface area contributed by atoms with Crippen LogP contribution in [0.15, 0.2) is 82.8 Å². The number of nitrogens with zero attached hydrogens (tertiary/aromatic N) is 5. The van der Waals surface area contributed by atoms with E-state index >= 15 is 4.39 Å². The largest absolute Gasteiger partial charge is 0.477 e. The van der Waals surface area contributed by atoms with Crippen molar-refractivity contribution in [2.45, 2.75) is 19.3 Å². The molecule has 9 heteroatoms. The Labute approximate surface area is 200 Å². The smallest absolute Gasteiger partial charge is 0.216 e. The molecule has 1 fully saturated rings. The van der Waals surface area contributed by atoms with Gasteiger partial charge in [0.05, 0.1) is 29.9 Å². The molecule has 0 spiro atoms. The van der Waals surface area contributed by atoms with Crippen LogP contribution in [0.5, 0.6) is 5.88 Å². The number of para-hydroxylation sites is 1. The highest BCUT2D eigenvalue weighted by Gasteiger charge is 2.23. The summed E-state index contributed by atoms with van der Waals surface area (Å²) in [5, 5.41) is 16.1. The lowest BCUT2D eigenvalue weighted by molar-refractivity contribution is 0.280. The molecule has 1 aliphatic carbocycles. The number of hydrogen-bond acceptors (Lipinski definition) is 6. The molecular formula is C26H23FN6O2. The number of aliphatic imine (C=N–C) groups is 1. The molecule has 0 unspecified atom stereocenters. The van der Waals surface area contributed by atoms with Crippen molar-refractivity contribution in [3.8, 4) is 17.3 Å². The Morgan fingerprint density at radius 1 is 1.17 bits per heavy atom. The minimum Gasteiger partial charge on any atom is -0.477 e. The van der Waals surface area contributed by atoms with E-state index in [9.17, 15) is 4.79 Å². The first-order valence-electron chi connectivity index (χ1n) is 11.3. The summed E-state index contributed by atoms with van der Waals surface area (Å²) in [4.78, 5) is 17.1. The van der Waals surface area contributed by atoms with Crippen LogP contribution in [-0.4, -0.2) is 38.1 Å². The normalized spacial score (nSPS) is 13.6. The van der Waals surface area contributed by atoms with E-state index in [-0.39, 0.29) is 23.2 Å². The Morgan fingerprint density at radius 2 is 2.00 bits per heavy atom. The van der Waals surface area contributed by atoms with Crippen LogP contribution in [0.1, 0.15) is 25.0 Å². The summed E-state index contributed by atoms with van der Waals surface area (Å²) >= 11 is 0. The summed E-state index contributed by atoms with van der Waals surface area (Å²) in [5.41, 5.74) is 1.34. The molecule has 1 aliphatic rings. The van der Waals surface area contributed by atoms with Gasteiger partial charge < -0.3 is 10.1 Å². The first-order valence-corrected chi connectivity index (χ1v) is 11.3. The molecule has 0 atom stereocenters. The fraction of sp³-hybridized carbons (Fsp3) is 0.192. The fourth-order valence-electron chi connectivity index (χ4n) is 3.59. The van der Waals surface area contributed by atoms with Crippen molar-refractivity contribution in [3.63, 3.8) is 0 Å². The molecule has 0 saturated heterocycles. The van der Waals surface area contributed by atoms with Gasteiger partial charge in [0, 0.05) is 37.0 Å². The predicted molar refractivity (Wildman–Crippen MR) is 131 cm³/mol. The monoisotopic (exact) mass is 470 g/mol. The van der Waals surface area contributed by atoms with Crippen LogP contribution in [0.2, 0.25) is 0 Å². The zero-order valence-electron chi connectivity index (χ0n) is 18.8. The summed E-state index contributed by atoms with van der Waals surface area (Å²) < 4.78 is 23.9. The maximum atomic E-state index is 15.2.